The molecule has 1 N–H and O–H groups in total. The third kappa shape index (κ3) is 3.74. The van der Waals surface area contributed by atoms with Gasteiger partial charge in [0.25, 0.3) is 5.91 Å². The van der Waals surface area contributed by atoms with Crippen molar-refractivity contribution in [2.75, 3.05) is 6.54 Å². The highest BCUT2D eigenvalue weighted by atomic mass is 16.2. The van der Waals surface area contributed by atoms with Crippen LogP contribution in [0.3, 0.4) is 0 Å². The van der Waals surface area contributed by atoms with Crippen molar-refractivity contribution in [1.29, 1.82) is 0 Å². The molecule has 0 aliphatic carbocycles. The maximum absolute atomic E-state index is 12.2. The molecule has 5 nitrogen and oxygen atoms in total. The van der Waals surface area contributed by atoms with Gasteiger partial charge in [-0.1, -0.05) is 36.4 Å². The number of nitrogens with one attached hydrogen (secondary N) is 1. The van der Waals surface area contributed by atoms with Crippen LogP contribution in [0.4, 0.5) is 0 Å². The first-order valence-corrected chi connectivity index (χ1v) is 7.68. The lowest BCUT2D eigenvalue weighted by Crippen LogP contribution is -2.37. The number of nitrogens with zero attached hydrogens (tertiary/aromatic N) is 2. The molecule has 1 fully saturated rings. The van der Waals surface area contributed by atoms with Crippen LogP contribution in [-0.4, -0.2) is 34.3 Å². The van der Waals surface area contributed by atoms with Gasteiger partial charge in [-0.15, -0.1) is 0 Å². The van der Waals surface area contributed by atoms with Crippen LogP contribution in [0.1, 0.15) is 28.2 Å². The molecule has 2 aromatic rings. The number of benzene rings is 1. The molecule has 3 rings (SSSR count). The van der Waals surface area contributed by atoms with E-state index in [1.54, 1.807) is 17.0 Å². The number of pyridine rings is 1. The molecule has 1 aromatic carbocycles. The maximum Gasteiger partial charge on any atom is 0.270 e. The lowest BCUT2D eigenvalue weighted by Gasteiger charge is -2.17. The van der Waals surface area contributed by atoms with Gasteiger partial charge in [0, 0.05) is 25.2 Å². The summed E-state index contributed by atoms with van der Waals surface area (Å²) < 4.78 is 0. The lowest BCUT2D eigenvalue weighted by molar-refractivity contribution is -0.128. The standard InChI is InChI=1S/C18H19N3O2/c1-13-6-5-9-16(19-13)18(23)20-15-10-17(22)21(12-15)11-14-7-3-2-4-8-14/h2-9,15H,10-12H2,1H3,(H,20,23). The van der Waals surface area contributed by atoms with Gasteiger partial charge in [0.1, 0.15) is 5.69 Å². The molecule has 118 valence electrons. The zero-order valence-corrected chi connectivity index (χ0v) is 13.0. The second kappa shape index (κ2) is 6.60. The summed E-state index contributed by atoms with van der Waals surface area (Å²) in [4.78, 5) is 30.3. The van der Waals surface area contributed by atoms with Crippen molar-refractivity contribution < 1.29 is 9.59 Å². The fraction of sp³-hybridized carbons (Fsp3) is 0.278. The normalized spacial score (nSPS) is 17.3. The zero-order valence-electron chi connectivity index (χ0n) is 13.0. The predicted molar refractivity (Wildman–Crippen MR) is 86.7 cm³/mol. The summed E-state index contributed by atoms with van der Waals surface area (Å²) in [5.41, 5.74) is 2.28. The highest BCUT2D eigenvalue weighted by molar-refractivity contribution is 5.93. The Bertz CT molecular complexity index is 715. The van der Waals surface area contributed by atoms with Crippen molar-refractivity contribution in [3.05, 3.63) is 65.5 Å². The van der Waals surface area contributed by atoms with E-state index in [1.165, 1.54) is 0 Å². The first-order valence-electron chi connectivity index (χ1n) is 7.68. The summed E-state index contributed by atoms with van der Waals surface area (Å²) >= 11 is 0. The van der Waals surface area contributed by atoms with E-state index < -0.39 is 0 Å². The topological polar surface area (TPSA) is 62.3 Å². The van der Waals surface area contributed by atoms with E-state index in [2.05, 4.69) is 10.3 Å². The van der Waals surface area contributed by atoms with Crippen LogP contribution in [0.15, 0.2) is 48.5 Å². The second-order valence-corrected chi connectivity index (χ2v) is 5.80. The fourth-order valence-electron chi connectivity index (χ4n) is 2.75. The van der Waals surface area contributed by atoms with Crippen LogP contribution in [0.2, 0.25) is 0 Å². The SMILES string of the molecule is Cc1cccc(C(=O)NC2CC(=O)N(Cc3ccccc3)C2)n1. The first-order chi connectivity index (χ1) is 11.1. The first kappa shape index (κ1) is 15.2. The third-order valence-corrected chi connectivity index (χ3v) is 3.89. The average Bonchev–Trinajstić information content (AvgIpc) is 2.88. The van der Waals surface area contributed by atoms with Crippen LogP contribution in [0.25, 0.3) is 0 Å². The molecule has 2 amide bonds. The van der Waals surface area contributed by atoms with Gasteiger partial charge >= 0.3 is 0 Å². The quantitative estimate of drug-likeness (QED) is 0.938. The maximum atomic E-state index is 12.2. The van der Waals surface area contributed by atoms with Crippen LogP contribution in [-0.2, 0) is 11.3 Å². The van der Waals surface area contributed by atoms with Gasteiger partial charge in [-0.2, -0.15) is 0 Å². The number of carbonyl (C=O) groups excluding carboxylic acids is 2. The molecule has 2 heterocycles. The Morgan fingerprint density at radius 3 is 2.74 bits per heavy atom. The molecule has 1 aliphatic heterocycles. The number of amides is 2. The molecule has 1 unspecified atom stereocenters. The molecule has 0 radical (unpaired) electrons. The highest BCUT2D eigenvalue weighted by Gasteiger charge is 2.30. The number of rotatable bonds is 4. The summed E-state index contributed by atoms with van der Waals surface area (Å²) in [5.74, 6) is -0.163. The Hall–Kier alpha value is -2.69. The molecular formula is C18H19N3O2. The number of likely N-dealkylation sites (tertiary alicyclic amines) is 1. The van der Waals surface area contributed by atoms with Gasteiger partial charge in [-0.3, -0.25) is 9.59 Å². The number of aryl methyl sites for hydroxylation is 1. The summed E-state index contributed by atoms with van der Waals surface area (Å²) in [6, 6.07) is 15.0. The molecule has 1 aliphatic rings. The van der Waals surface area contributed by atoms with E-state index in [-0.39, 0.29) is 17.9 Å². The number of carbonyl (C=O) groups is 2. The number of hydrogen-bond donors (Lipinski definition) is 1. The summed E-state index contributed by atoms with van der Waals surface area (Å²) in [6.07, 6.45) is 0.338. The molecule has 0 spiro atoms. The fourth-order valence-corrected chi connectivity index (χ4v) is 2.75. The smallest absolute Gasteiger partial charge is 0.270 e. The van der Waals surface area contributed by atoms with Crippen molar-refractivity contribution in [1.82, 2.24) is 15.2 Å². The van der Waals surface area contributed by atoms with E-state index >= 15 is 0 Å². The largest absolute Gasteiger partial charge is 0.346 e. The summed E-state index contributed by atoms with van der Waals surface area (Å²) in [7, 11) is 0. The molecule has 0 saturated carbocycles. The molecule has 0 bridgehead atoms. The molecule has 1 aromatic heterocycles. The third-order valence-electron chi connectivity index (χ3n) is 3.89. The summed E-state index contributed by atoms with van der Waals surface area (Å²) in [5, 5.41) is 2.90. The molecule has 5 heteroatoms. The van der Waals surface area contributed by atoms with Crippen molar-refractivity contribution in [3.63, 3.8) is 0 Å². The molecule has 1 saturated heterocycles. The Morgan fingerprint density at radius 1 is 1.22 bits per heavy atom. The van der Waals surface area contributed by atoms with Crippen molar-refractivity contribution in [2.24, 2.45) is 0 Å². The Kier molecular flexibility index (Phi) is 4.37. The average molecular weight is 309 g/mol. The zero-order chi connectivity index (χ0) is 16.2. The number of hydrogen-bond acceptors (Lipinski definition) is 3. The Labute approximate surface area is 135 Å². The van der Waals surface area contributed by atoms with E-state index in [0.717, 1.165) is 11.3 Å². The van der Waals surface area contributed by atoms with Crippen molar-refractivity contribution in [3.8, 4) is 0 Å². The van der Waals surface area contributed by atoms with Crippen molar-refractivity contribution in [2.45, 2.75) is 25.9 Å². The van der Waals surface area contributed by atoms with Crippen LogP contribution < -0.4 is 5.32 Å². The molecule has 23 heavy (non-hydrogen) atoms. The lowest BCUT2D eigenvalue weighted by atomic mass is 10.2. The minimum absolute atomic E-state index is 0.0661. The monoisotopic (exact) mass is 309 g/mol. The van der Waals surface area contributed by atoms with E-state index in [1.807, 2.05) is 43.3 Å². The van der Waals surface area contributed by atoms with E-state index in [4.69, 9.17) is 0 Å². The predicted octanol–water partition coefficient (Wildman–Crippen LogP) is 1.92. The Balaban J connectivity index is 1.60. The van der Waals surface area contributed by atoms with Gasteiger partial charge in [-0.25, -0.2) is 4.98 Å². The van der Waals surface area contributed by atoms with Gasteiger partial charge in [-0.05, 0) is 24.6 Å². The highest BCUT2D eigenvalue weighted by Crippen LogP contribution is 2.15. The van der Waals surface area contributed by atoms with E-state index in [9.17, 15) is 9.59 Å². The van der Waals surface area contributed by atoms with E-state index in [0.29, 0.717) is 25.2 Å². The second-order valence-electron chi connectivity index (χ2n) is 5.80. The number of aromatic nitrogens is 1. The van der Waals surface area contributed by atoms with Crippen molar-refractivity contribution >= 4 is 11.8 Å². The molecular weight excluding hydrogens is 290 g/mol. The van der Waals surface area contributed by atoms with Gasteiger partial charge < -0.3 is 10.2 Å². The van der Waals surface area contributed by atoms with Crippen LogP contribution >= 0.6 is 0 Å². The van der Waals surface area contributed by atoms with Gasteiger partial charge in [0.05, 0.1) is 6.04 Å². The van der Waals surface area contributed by atoms with Crippen LogP contribution in [0.5, 0.6) is 0 Å². The molecule has 1 atom stereocenters. The minimum Gasteiger partial charge on any atom is -0.346 e. The Morgan fingerprint density at radius 2 is 2.00 bits per heavy atom. The van der Waals surface area contributed by atoms with Gasteiger partial charge in [0.15, 0.2) is 0 Å². The minimum atomic E-state index is -0.229. The summed E-state index contributed by atoms with van der Waals surface area (Å²) in [6.45, 7) is 2.96. The van der Waals surface area contributed by atoms with Gasteiger partial charge in [0.2, 0.25) is 5.91 Å². The van der Waals surface area contributed by atoms with Crippen LogP contribution in [0, 0.1) is 6.92 Å².